The number of carbonyl (C=O) groups is 2. The van der Waals surface area contributed by atoms with Crippen LogP contribution < -0.4 is 10.6 Å². The molecule has 32 heavy (non-hydrogen) atoms. The molecule has 0 saturated carbocycles. The standard InChI is InChI=1S/C23H26BrN5O2S/c1-4-29-19(13-25-20(30)12-17-8-6-5-7-9-17)27-28-23(29)32-14-21(31)26-22-15(2)10-18(24)11-16(22)3/h5-11H,4,12-14H2,1-3H3,(H,25,30)(H,26,31). The Kier molecular flexibility index (Phi) is 8.46. The average Bonchev–Trinajstić information content (AvgIpc) is 3.16. The molecule has 0 radical (unpaired) electrons. The Hall–Kier alpha value is -2.65. The molecule has 7 nitrogen and oxygen atoms in total. The van der Waals surface area contributed by atoms with Crippen molar-refractivity contribution in [3.63, 3.8) is 0 Å². The third kappa shape index (κ3) is 6.43. The van der Waals surface area contributed by atoms with Crippen molar-refractivity contribution in [2.24, 2.45) is 0 Å². The van der Waals surface area contributed by atoms with E-state index in [9.17, 15) is 9.59 Å². The molecule has 0 aliphatic heterocycles. The molecule has 2 amide bonds. The first-order chi connectivity index (χ1) is 15.4. The van der Waals surface area contributed by atoms with Crippen LogP contribution in [0.15, 0.2) is 52.1 Å². The molecular weight excluding hydrogens is 490 g/mol. The third-order valence-corrected chi connectivity index (χ3v) is 6.28. The normalized spacial score (nSPS) is 10.8. The zero-order chi connectivity index (χ0) is 23.1. The van der Waals surface area contributed by atoms with Gasteiger partial charge in [0.2, 0.25) is 11.8 Å². The maximum absolute atomic E-state index is 12.5. The van der Waals surface area contributed by atoms with Crippen LogP contribution in [-0.2, 0) is 29.1 Å². The summed E-state index contributed by atoms with van der Waals surface area (Å²) in [5.41, 5.74) is 3.79. The van der Waals surface area contributed by atoms with E-state index >= 15 is 0 Å². The minimum absolute atomic E-state index is 0.0735. The van der Waals surface area contributed by atoms with E-state index in [-0.39, 0.29) is 24.1 Å². The van der Waals surface area contributed by atoms with E-state index < -0.39 is 0 Å². The summed E-state index contributed by atoms with van der Waals surface area (Å²) < 4.78 is 2.90. The fraction of sp³-hybridized carbons (Fsp3) is 0.304. The Labute approximate surface area is 200 Å². The average molecular weight is 516 g/mol. The predicted molar refractivity (Wildman–Crippen MR) is 131 cm³/mol. The van der Waals surface area contributed by atoms with Crippen LogP contribution in [0.2, 0.25) is 0 Å². The quantitative estimate of drug-likeness (QED) is 0.415. The molecule has 0 saturated heterocycles. The number of thioether (sulfide) groups is 1. The van der Waals surface area contributed by atoms with E-state index in [1.165, 1.54) is 11.8 Å². The van der Waals surface area contributed by atoms with Crippen LogP contribution in [0, 0.1) is 13.8 Å². The van der Waals surface area contributed by atoms with Gasteiger partial charge in [-0.05, 0) is 49.6 Å². The number of anilines is 1. The van der Waals surface area contributed by atoms with Gasteiger partial charge >= 0.3 is 0 Å². The van der Waals surface area contributed by atoms with E-state index in [2.05, 4.69) is 36.8 Å². The molecule has 2 N–H and O–H groups in total. The summed E-state index contributed by atoms with van der Waals surface area (Å²) >= 11 is 4.80. The van der Waals surface area contributed by atoms with Crippen LogP contribution in [0.5, 0.6) is 0 Å². The minimum Gasteiger partial charge on any atom is -0.349 e. The molecule has 0 atom stereocenters. The van der Waals surface area contributed by atoms with E-state index in [0.717, 1.165) is 26.9 Å². The van der Waals surface area contributed by atoms with Gasteiger partial charge in [0.1, 0.15) is 0 Å². The van der Waals surface area contributed by atoms with Gasteiger partial charge in [-0.15, -0.1) is 10.2 Å². The minimum atomic E-state index is -0.105. The molecule has 0 bridgehead atoms. The summed E-state index contributed by atoms with van der Waals surface area (Å²) in [5.74, 6) is 0.701. The fourth-order valence-electron chi connectivity index (χ4n) is 3.31. The monoisotopic (exact) mass is 515 g/mol. The van der Waals surface area contributed by atoms with Crippen molar-refractivity contribution in [3.8, 4) is 0 Å². The van der Waals surface area contributed by atoms with Crippen molar-refractivity contribution >= 4 is 45.2 Å². The summed E-state index contributed by atoms with van der Waals surface area (Å²) in [6, 6.07) is 13.5. The molecule has 0 unspecified atom stereocenters. The van der Waals surface area contributed by atoms with Crippen LogP contribution in [-0.4, -0.2) is 32.3 Å². The number of aryl methyl sites for hydroxylation is 2. The first-order valence-electron chi connectivity index (χ1n) is 10.3. The highest BCUT2D eigenvalue weighted by atomic mass is 79.9. The maximum atomic E-state index is 12.5. The van der Waals surface area contributed by atoms with E-state index in [1.54, 1.807) is 0 Å². The Morgan fingerprint density at radius 1 is 1.06 bits per heavy atom. The topological polar surface area (TPSA) is 88.9 Å². The molecule has 0 fully saturated rings. The highest BCUT2D eigenvalue weighted by Crippen LogP contribution is 2.25. The van der Waals surface area contributed by atoms with Crippen molar-refractivity contribution in [1.29, 1.82) is 0 Å². The zero-order valence-corrected chi connectivity index (χ0v) is 20.7. The van der Waals surface area contributed by atoms with Gasteiger partial charge in [0, 0.05) is 16.7 Å². The van der Waals surface area contributed by atoms with Crippen LogP contribution in [0.3, 0.4) is 0 Å². The lowest BCUT2D eigenvalue weighted by Gasteiger charge is -2.12. The Bertz CT molecular complexity index is 1080. The molecule has 0 aliphatic carbocycles. The van der Waals surface area contributed by atoms with Crippen molar-refractivity contribution in [1.82, 2.24) is 20.1 Å². The summed E-state index contributed by atoms with van der Waals surface area (Å²) in [6.07, 6.45) is 0.317. The molecule has 0 aliphatic rings. The number of rotatable bonds is 9. The van der Waals surface area contributed by atoms with Gasteiger partial charge in [-0.25, -0.2) is 0 Å². The van der Waals surface area contributed by atoms with Crippen molar-refractivity contribution in [2.45, 2.75) is 45.4 Å². The number of hydrogen-bond donors (Lipinski definition) is 2. The maximum Gasteiger partial charge on any atom is 0.234 e. The summed E-state index contributed by atoms with van der Waals surface area (Å²) in [6.45, 7) is 6.85. The predicted octanol–water partition coefficient (Wildman–Crippen LogP) is 4.27. The van der Waals surface area contributed by atoms with Gasteiger partial charge in [0.05, 0.1) is 18.7 Å². The van der Waals surface area contributed by atoms with Gasteiger partial charge in [-0.1, -0.05) is 58.0 Å². The van der Waals surface area contributed by atoms with Gasteiger partial charge in [-0.2, -0.15) is 0 Å². The summed E-state index contributed by atoms with van der Waals surface area (Å²) in [7, 11) is 0. The lowest BCUT2D eigenvalue weighted by atomic mass is 10.1. The Morgan fingerprint density at radius 2 is 1.75 bits per heavy atom. The molecule has 2 aromatic carbocycles. The number of aromatic nitrogens is 3. The molecule has 168 valence electrons. The third-order valence-electron chi connectivity index (χ3n) is 4.86. The number of amides is 2. The molecule has 9 heteroatoms. The molecule has 3 aromatic rings. The van der Waals surface area contributed by atoms with Crippen LogP contribution in [0.4, 0.5) is 5.69 Å². The number of hydrogen-bond acceptors (Lipinski definition) is 5. The number of halogens is 1. The first kappa shape index (κ1) is 24.0. The zero-order valence-electron chi connectivity index (χ0n) is 18.3. The second-order valence-electron chi connectivity index (χ2n) is 7.33. The van der Waals surface area contributed by atoms with Gasteiger partial charge in [0.25, 0.3) is 0 Å². The lowest BCUT2D eigenvalue weighted by Crippen LogP contribution is -2.26. The molecule has 1 aromatic heterocycles. The number of nitrogens with one attached hydrogen (secondary N) is 2. The molecule has 1 heterocycles. The lowest BCUT2D eigenvalue weighted by molar-refractivity contribution is -0.120. The molecule has 0 spiro atoms. The number of carbonyl (C=O) groups excluding carboxylic acids is 2. The van der Waals surface area contributed by atoms with Crippen LogP contribution >= 0.6 is 27.7 Å². The second-order valence-corrected chi connectivity index (χ2v) is 9.19. The van der Waals surface area contributed by atoms with E-state index in [0.29, 0.717) is 23.9 Å². The van der Waals surface area contributed by atoms with Gasteiger partial charge < -0.3 is 15.2 Å². The number of nitrogens with zero attached hydrogens (tertiary/aromatic N) is 3. The highest BCUT2D eigenvalue weighted by molar-refractivity contribution is 9.10. The molecule has 3 rings (SSSR count). The smallest absolute Gasteiger partial charge is 0.234 e. The summed E-state index contributed by atoms with van der Waals surface area (Å²) in [5, 5.41) is 15.0. The highest BCUT2D eigenvalue weighted by Gasteiger charge is 2.15. The van der Waals surface area contributed by atoms with E-state index in [1.807, 2.05) is 67.8 Å². The Balaban J connectivity index is 1.55. The largest absolute Gasteiger partial charge is 0.349 e. The van der Waals surface area contributed by atoms with Crippen molar-refractivity contribution in [3.05, 3.63) is 69.5 Å². The van der Waals surface area contributed by atoms with Crippen LogP contribution in [0.25, 0.3) is 0 Å². The van der Waals surface area contributed by atoms with Crippen molar-refractivity contribution < 1.29 is 9.59 Å². The SMILES string of the molecule is CCn1c(CNC(=O)Cc2ccccc2)nnc1SCC(=O)Nc1c(C)cc(Br)cc1C. The summed E-state index contributed by atoms with van der Waals surface area (Å²) in [4.78, 5) is 24.7. The van der Waals surface area contributed by atoms with Crippen LogP contribution in [0.1, 0.15) is 29.4 Å². The number of benzene rings is 2. The fourth-order valence-corrected chi connectivity index (χ4v) is 4.82. The van der Waals surface area contributed by atoms with E-state index in [4.69, 9.17) is 0 Å². The van der Waals surface area contributed by atoms with Gasteiger partial charge in [0.15, 0.2) is 11.0 Å². The molecular formula is C23H26BrN5O2S. The first-order valence-corrected chi connectivity index (χ1v) is 12.1. The second kappa shape index (κ2) is 11.3. The van der Waals surface area contributed by atoms with Crippen molar-refractivity contribution in [2.75, 3.05) is 11.1 Å². The Morgan fingerprint density at radius 3 is 2.41 bits per heavy atom. The van der Waals surface area contributed by atoms with Gasteiger partial charge in [-0.3, -0.25) is 9.59 Å².